The van der Waals surface area contributed by atoms with Crippen molar-refractivity contribution in [2.75, 3.05) is 6.54 Å². The minimum absolute atomic E-state index is 0.235. The van der Waals surface area contributed by atoms with Crippen LogP contribution in [0.15, 0.2) is 47.6 Å². The molecule has 10 heteroatoms. The van der Waals surface area contributed by atoms with E-state index in [1.54, 1.807) is 30.3 Å². The maximum atomic E-state index is 12.6. The molecule has 0 radical (unpaired) electrons. The zero-order valence-corrected chi connectivity index (χ0v) is 16.7. The van der Waals surface area contributed by atoms with Gasteiger partial charge in [-0.05, 0) is 24.1 Å². The Kier molecular flexibility index (Phi) is 7.72. The van der Waals surface area contributed by atoms with E-state index in [4.69, 9.17) is 16.6 Å². The molecular weight excluding hydrogens is 394 g/mol. The van der Waals surface area contributed by atoms with Crippen molar-refractivity contribution in [3.63, 3.8) is 0 Å². The Hall–Kier alpha value is -3.40. The fourth-order valence-electron chi connectivity index (χ4n) is 2.59. The Labute approximate surface area is 172 Å². The minimum Gasteiger partial charge on any atom is -0.481 e. The lowest BCUT2D eigenvalue weighted by atomic mass is 10.0. The highest BCUT2D eigenvalue weighted by molar-refractivity contribution is 7.15. The van der Waals surface area contributed by atoms with Crippen LogP contribution in [0.1, 0.15) is 50.7 Å². The number of benzene rings is 1. The number of hydrazone groups is 1. The summed E-state index contributed by atoms with van der Waals surface area (Å²) in [5.41, 5.74) is 11.4. The fraction of sp³-hybridized carbons (Fsp3) is 0.263. The number of amides is 2. The average molecular weight is 417 g/mol. The molecule has 0 saturated carbocycles. The Morgan fingerprint density at radius 2 is 1.79 bits per heavy atom. The molecule has 2 rings (SSSR count). The predicted molar refractivity (Wildman–Crippen MR) is 110 cm³/mol. The third kappa shape index (κ3) is 6.32. The zero-order valence-electron chi connectivity index (χ0n) is 15.9. The van der Waals surface area contributed by atoms with Crippen molar-refractivity contribution in [3.05, 3.63) is 57.8 Å². The monoisotopic (exact) mass is 417 g/mol. The fourth-order valence-corrected chi connectivity index (χ4v) is 3.45. The molecule has 0 saturated heterocycles. The SMILES string of the molecule is CCCN(N=C(N)N)C(=O)c1ccc(C(=O)NC(CC(=O)O)c2ccccc2)s1. The lowest BCUT2D eigenvalue weighted by Crippen LogP contribution is -2.33. The second-order valence-corrected chi connectivity index (χ2v) is 7.24. The van der Waals surface area contributed by atoms with Crippen LogP contribution in [0.3, 0.4) is 0 Å². The second-order valence-electron chi connectivity index (χ2n) is 6.15. The van der Waals surface area contributed by atoms with Crippen molar-refractivity contribution in [1.82, 2.24) is 10.3 Å². The van der Waals surface area contributed by atoms with Gasteiger partial charge in [0.05, 0.1) is 22.2 Å². The van der Waals surface area contributed by atoms with Gasteiger partial charge in [0.25, 0.3) is 11.8 Å². The maximum absolute atomic E-state index is 12.6. The molecule has 0 fully saturated rings. The molecule has 9 nitrogen and oxygen atoms in total. The van der Waals surface area contributed by atoms with Gasteiger partial charge < -0.3 is 21.9 Å². The number of thiophene rings is 1. The number of carboxylic acid groups (broad SMARTS) is 1. The van der Waals surface area contributed by atoms with Crippen molar-refractivity contribution in [2.24, 2.45) is 16.6 Å². The average Bonchev–Trinajstić information content (AvgIpc) is 3.17. The third-order valence-electron chi connectivity index (χ3n) is 3.83. The first-order chi connectivity index (χ1) is 13.8. The first-order valence-electron chi connectivity index (χ1n) is 8.90. The second kappa shape index (κ2) is 10.2. The highest BCUT2D eigenvalue weighted by Gasteiger charge is 2.22. The number of nitrogens with one attached hydrogen (secondary N) is 1. The molecule has 1 heterocycles. The molecule has 154 valence electrons. The van der Waals surface area contributed by atoms with E-state index >= 15 is 0 Å². The van der Waals surface area contributed by atoms with Gasteiger partial charge in [0, 0.05) is 6.54 Å². The van der Waals surface area contributed by atoms with E-state index in [1.165, 1.54) is 12.1 Å². The lowest BCUT2D eigenvalue weighted by Gasteiger charge is -2.17. The number of aliphatic carboxylic acids is 1. The highest BCUT2D eigenvalue weighted by Crippen LogP contribution is 2.22. The van der Waals surface area contributed by atoms with Gasteiger partial charge in [-0.2, -0.15) is 0 Å². The first kappa shape index (κ1) is 21.9. The van der Waals surface area contributed by atoms with Crippen molar-refractivity contribution in [3.8, 4) is 0 Å². The van der Waals surface area contributed by atoms with Crippen molar-refractivity contribution in [2.45, 2.75) is 25.8 Å². The Morgan fingerprint density at radius 3 is 2.38 bits per heavy atom. The van der Waals surface area contributed by atoms with Crippen LogP contribution in [0.25, 0.3) is 0 Å². The summed E-state index contributed by atoms with van der Waals surface area (Å²) in [4.78, 5) is 37.0. The summed E-state index contributed by atoms with van der Waals surface area (Å²) in [6, 6.07) is 11.2. The van der Waals surface area contributed by atoms with Crippen LogP contribution in [0, 0.1) is 0 Å². The van der Waals surface area contributed by atoms with Gasteiger partial charge in [0.1, 0.15) is 0 Å². The Morgan fingerprint density at radius 1 is 1.14 bits per heavy atom. The van der Waals surface area contributed by atoms with Gasteiger partial charge in [-0.15, -0.1) is 16.4 Å². The number of nitrogens with two attached hydrogens (primary N) is 2. The van der Waals surface area contributed by atoms with Gasteiger partial charge in [0.2, 0.25) is 5.96 Å². The molecule has 6 N–H and O–H groups in total. The lowest BCUT2D eigenvalue weighted by molar-refractivity contribution is -0.137. The quantitative estimate of drug-likeness (QED) is 0.277. The molecule has 2 amide bonds. The number of hydrogen-bond acceptors (Lipinski definition) is 5. The number of hydrogen-bond donors (Lipinski definition) is 4. The van der Waals surface area contributed by atoms with E-state index in [1.807, 2.05) is 6.92 Å². The van der Waals surface area contributed by atoms with E-state index in [0.29, 0.717) is 23.4 Å². The van der Waals surface area contributed by atoms with Crippen LogP contribution in [-0.2, 0) is 4.79 Å². The number of carboxylic acids is 1. The normalized spacial score (nSPS) is 11.3. The molecule has 1 aromatic carbocycles. The van der Waals surface area contributed by atoms with Crippen molar-refractivity contribution < 1.29 is 19.5 Å². The van der Waals surface area contributed by atoms with Crippen LogP contribution in [0.5, 0.6) is 0 Å². The molecule has 0 bridgehead atoms. The van der Waals surface area contributed by atoms with Crippen LogP contribution in [0.4, 0.5) is 0 Å². The summed E-state index contributed by atoms with van der Waals surface area (Å²) in [6.07, 6.45) is 0.386. The molecule has 2 aromatic rings. The zero-order chi connectivity index (χ0) is 21.4. The molecular formula is C19H23N5O4S. The first-order valence-corrected chi connectivity index (χ1v) is 9.72. The van der Waals surface area contributed by atoms with Gasteiger partial charge in [-0.25, -0.2) is 5.01 Å². The molecule has 0 spiro atoms. The maximum Gasteiger partial charge on any atom is 0.305 e. The number of guanidine groups is 1. The van der Waals surface area contributed by atoms with Crippen molar-refractivity contribution >= 4 is 35.1 Å². The Balaban J connectivity index is 2.17. The van der Waals surface area contributed by atoms with Crippen LogP contribution >= 0.6 is 11.3 Å². The largest absolute Gasteiger partial charge is 0.481 e. The van der Waals surface area contributed by atoms with E-state index in [9.17, 15) is 14.4 Å². The van der Waals surface area contributed by atoms with E-state index in [-0.39, 0.29) is 17.3 Å². The van der Waals surface area contributed by atoms with Gasteiger partial charge in [0.15, 0.2) is 0 Å². The third-order valence-corrected chi connectivity index (χ3v) is 4.90. The number of carbonyl (C=O) groups excluding carboxylic acids is 2. The van der Waals surface area contributed by atoms with Crippen LogP contribution in [-0.4, -0.2) is 40.4 Å². The van der Waals surface area contributed by atoms with Gasteiger partial charge in [-0.3, -0.25) is 14.4 Å². The molecule has 1 aromatic heterocycles. The van der Waals surface area contributed by atoms with Crippen LogP contribution < -0.4 is 16.8 Å². The van der Waals surface area contributed by atoms with E-state index in [2.05, 4.69) is 10.4 Å². The van der Waals surface area contributed by atoms with Crippen molar-refractivity contribution in [1.29, 1.82) is 0 Å². The number of carbonyl (C=O) groups is 3. The summed E-state index contributed by atoms with van der Waals surface area (Å²) < 4.78 is 0. The standard InChI is InChI=1S/C19H23N5O4S/c1-2-10-24(23-19(20)21)18(28)15-9-8-14(29-15)17(27)22-13(11-16(25)26)12-6-4-3-5-7-12/h3-9,13H,2,10-11H2,1H3,(H,22,27)(H,25,26)(H4,20,21,23). The van der Waals surface area contributed by atoms with E-state index < -0.39 is 23.8 Å². The molecule has 0 aliphatic carbocycles. The smallest absolute Gasteiger partial charge is 0.305 e. The summed E-state index contributed by atoms with van der Waals surface area (Å²) in [7, 11) is 0. The van der Waals surface area contributed by atoms with Gasteiger partial charge >= 0.3 is 5.97 Å². The molecule has 0 aliphatic rings. The Bertz CT molecular complexity index is 893. The molecule has 1 unspecified atom stereocenters. The van der Waals surface area contributed by atoms with Crippen LogP contribution in [0.2, 0.25) is 0 Å². The molecule has 29 heavy (non-hydrogen) atoms. The topological polar surface area (TPSA) is 151 Å². The highest BCUT2D eigenvalue weighted by atomic mass is 32.1. The predicted octanol–water partition coefficient (Wildman–Crippen LogP) is 1.73. The summed E-state index contributed by atoms with van der Waals surface area (Å²) in [6.45, 7) is 2.20. The molecule has 1 atom stereocenters. The number of nitrogens with zero attached hydrogens (tertiary/aromatic N) is 2. The minimum atomic E-state index is -1.03. The number of rotatable bonds is 9. The summed E-state index contributed by atoms with van der Waals surface area (Å²) in [5, 5.41) is 16.8. The van der Waals surface area contributed by atoms with E-state index in [0.717, 1.165) is 16.3 Å². The summed E-state index contributed by atoms with van der Waals surface area (Å²) in [5.74, 6) is -2.16. The van der Waals surface area contributed by atoms with Gasteiger partial charge in [-0.1, -0.05) is 37.3 Å². The summed E-state index contributed by atoms with van der Waals surface area (Å²) >= 11 is 0.985. The molecule has 0 aliphatic heterocycles.